The van der Waals surface area contributed by atoms with Gasteiger partial charge in [0.15, 0.2) is 5.78 Å². The fraction of sp³-hybridized carbons (Fsp3) is 0.692. The number of carbonyl (C=O) groups excluding carboxylic acids is 6. The molecule has 1 rings (SSSR count). The molecule has 0 radical (unpaired) electrons. The van der Waals surface area contributed by atoms with Gasteiger partial charge in [0.25, 0.3) is 5.91 Å². The average Bonchev–Trinajstić information content (AvgIpc) is 2.83. The SMILES string of the molecule is CC(C)C(NC(=O)COCCOCCN1C(=O)C=CCC1=O)C(=O)N[C@@H](CCCNC(N)=O)C(=O)C(C)(C)C. The van der Waals surface area contributed by atoms with Gasteiger partial charge in [-0.2, -0.15) is 0 Å². The van der Waals surface area contributed by atoms with Gasteiger partial charge in [0.2, 0.25) is 17.7 Å². The number of urea groups is 1. The van der Waals surface area contributed by atoms with Crippen LogP contribution in [-0.2, 0) is 33.4 Å². The van der Waals surface area contributed by atoms with Crippen LogP contribution in [0.3, 0.4) is 0 Å². The Hall–Kier alpha value is -3.32. The van der Waals surface area contributed by atoms with Crippen molar-refractivity contribution in [2.24, 2.45) is 17.1 Å². The fourth-order valence-electron chi connectivity index (χ4n) is 3.68. The molecule has 0 aromatic carbocycles. The van der Waals surface area contributed by atoms with Gasteiger partial charge in [-0.1, -0.05) is 40.7 Å². The van der Waals surface area contributed by atoms with Gasteiger partial charge >= 0.3 is 6.03 Å². The largest absolute Gasteiger partial charge is 0.377 e. The summed E-state index contributed by atoms with van der Waals surface area (Å²) in [6, 6.07) is -2.37. The lowest BCUT2D eigenvalue weighted by Crippen LogP contribution is -2.55. The van der Waals surface area contributed by atoms with Gasteiger partial charge in [0.05, 0.1) is 32.4 Å². The topological polar surface area (TPSA) is 186 Å². The fourth-order valence-corrected chi connectivity index (χ4v) is 3.68. The van der Waals surface area contributed by atoms with Crippen molar-refractivity contribution < 1.29 is 38.2 Å². The number of ether oxygens (including phenoxy) is 2. The monoisotopic (exact) mass is 553 g/mol. The molecule has 220 valence electrons. The lowest BCUT2D eigenvalue weighted by molar-refractivity contribution is -0.143. The Kier molecular flexibility index (Phi) is 14.3. The Morgan fingerprint density at radius 2 is 1.72 bits per heavy atom. The van der Waals surface area contributed by atoms with Crippen molar-refractivity contribution in [2.75, 3.05) is 39.5 Å². The first-order valence-electron chi connectivity index (χ1n) is 13.1. The normalized spacial score (nSPS) is 15.2. The van der Waals surface area contributed by atoms with Gasteiger partial charge < -0.3 is 31.2 Å². The van der Waals surface area contributed by atoms with Crippen molar-refractivity contribution in [3.63, 3.8) is 0 Å². The quantitative estimate of drug-likeness (QED) is 0.143. The van der Waals surface area contributed by atoms with E-state index in [4.69, 9.17) is 15.2 Å². The number of nitrogens with two attached hydrogens (primary N) is 1. The molecule has 2 atom stereocenters. The number of rotatable bonds is 17. The molecule has 1 heterocycles. The van der Waals surface area contributed by atoms with Gasteiger partial charge in [-0.25, -0.2) is 4.79 Å². The van der Waals surface area contributed by atoms with Gasteiger partial charge in [-0.15, -0.1) is 0 Å². The molecule has 0 bridgehead atoms. The summed E-state index contributed by atoms with van der Waals surface area (Å²) in [6.07, 6.45) is 3.76. The second-order valence-corrected chi connectivity index (χ2v) is 10.6. The molecule has 0 spiro atoms. The van der Waals surface area contributed by atoms with Crippen molar-refractivity contribution >= 4 is 35.4 Å². The molecule has 0 saturated heterocycles. The van der Waals surface area contributed by atoms with Gasteiger partial charge in [-0.3, -0.25) is 28.9 Å². The number of nitrogens with zero attached hydrogens (tertiary/aromatic N) is 1. The van der Waals surface area contributed by atoms with Crippen LogP contribution in [0.15, 0.2) is 12.2 Å². The summed E-state index contributed by atoms with van der Waals surface area (Å²) < 4.78 is 10.7. The highest BCUT2D eigenvalue weighted by molar-refractivity contribution is 6.04. The number of Topliss-reactive ketones (excluding diaryl/α,β-unsaturated/α-hetero) is 1. The predicted octanol–water partition coefficient (Wildman–Crippen LogP) is 0.0240. The highest BCUT2D eigenvalue weighted by Crippen LogP contribution is 2.19. The van der Waals surface area contributed by atoms with Crippen molar-refractivity contribution in [3.8, 4) is 0 Å². The molecule has 0 saturated carbocycles. The standard InChI is InChI=1S/C26H43N5O8/c1-17(2)22(24(36)29-18(23(35)26(3,4)5)8-7-11-28-25(27)37)30-19(32)16-39-15-14-38-13-12-31-20(33)9-6-10-21(31)34/h6,9,17-18,22H,7-8,10-16H2,1-5H3,(H,29,36)(H,30,32)(H3,27,28,37)/t18-,22?/m0/s1. The molecule has 0 aromatic heterocycles. The molecule has 1 aliphatic heterocycles. The number of amides is 6. The van der Waals surface area contributed by atoms with Crippen LogP contribution in [-0.4, -0.2) is 91.9 Å². The molecule has 0 aromatic rings. The zero-order valence-electron chi connectivity index (χ0n) is 23.5. The summed E-state index contributed by atoms with van der Waals surface area (Å²) in [5.74, 6) is -2.10. The van der Waals surface area contributed by atoms with Gasteiger partial charge in [0.1, 0.15) is 12.6 Å². The molecule has 5 N–H and O–H groups in total. The van der Waals surface area contributed by atoms with Crippen LogP contribution >= 0.6 is 0 Å². The smallest absolute Gasteiger partial charge is 0.312 e. The molecule has 39 heavy (non-hydrogen) atoms. The van der Waals surface area contributed by atoms with Gasteiger partial charge in [-0.05, 0) is 18.8 Å². The average molecular weight is 554 g/mol. The number of primary amides is 1. The van der Waals surface area contributed by atoms with E-state index in [2.05, 4.69) is 16.0 Å². The van der Waals surface area contributed by atoms with Crippen LogP contribution in [0.1, 0.15) is 53.9 Å². The number of ketones is 1. The van der Waals surface area contributed by atoms with Crippen LogP contribution in [0.4, 0.5) is 4.79 Å². The van der Waals surface area contributed by atoms with Crippen LogP contribution in [0.2, 0.25) is 0 Å². The Morgan fingerprint density at radius 1 is 1.05 bits per heavy atom. The van der Waals surface area contributed by atoms with Crippen LogP contribution in [0.5, 0.6) is 0 Å². The highest BCUT2D eigenvalue weighted by atomic mass is 16.5. The van der Waals surface area contributed by atoms with Crippen molar-refractivity contribution in [1.29, 1.82) is 0 Å². The second-order valence-electron chi connectivity index (χ2n) is 10.6. The maximum atomic E-state index is 13.0. The summed E-state index contributed by atoms with van der Waals surface area (Å²) in [7, 11) is 0. The molecule has 0 aliphatic carbocycles. The Balaban J connectivity index is 2.49. The Morgan fingerprint density at radius 3 is 2.31 bits per heavy atom. The van der Waals surface area contributed by atoms with Crippen LogP contribution < -0.4 is 21.7 Å². The third-order valence-electron chi connectivity index (χ3n) is 5.79. The van der Waals surface area contributed by atoms with E-state index in [1.54, 1.807) is 34.6 Å². The first-order chi connectivity index (χ1) is 18.2. The molecule has 1 unspecified atom stereocenters. The minimum Gasteiger partial charge on any atom is -0.377 e. The van der Waals surface area contributed by atoms with Crippen molar-refractivity contribution in [1.82, 2.24) is 20.9 Å². The zero-order valence-corrected chi connectivity index (χ0v) is 23.5. The molecule has 13 nitrogen and oxygen atoms in total. The minimum atomic E-state index is -0.898. The molecule has 0 fully saturated rings. The summed E-state index contributed by atoms with van der Waals surface area (Å²) in [5, 5.41) is 7.86. The summed E-state index contributed by atoms with van der Waals surface area (Å²) in [4.78, 5) is 73.8. The van der Waals surface area contributed by atoms with E-state index in [1.807, 2.05) is 0 Å². The van der Waals surface area contributed by atoms with E-state index >= 15 is 0 Å². The van der Waals surface area contributed by atoms with E-state index < -0.39 is 35.3 Å². The molecular weight excluding hydrogens is 510 g/mol. The third-order valence-corrected chi connectivity index (χ3v) is 5.79. The number of imide groups is 1. The van der Waals surface area contributed by atoms with E-state index in [0.717, 1.165) is 4.90 Å². The van der Waals surface area contributed by atoms with E-state index in [9.17, 15) is 28.8 Å². The van der Waals surface area contributed by atoms with E-state index in [1.165, 1.54) is 12.2 Å². The van der Waals surface area contributed by atoms with Crippen LogP contribution in [0.25, 0.3) is 0 Å². The lowest BCUT2D eigenvalue weighted by atomic mass is 9.84. The number of hydrogen-bond acceptors (Lipinski definition) is 8. The maximum Gasteiger partial charge on any atom is 0.312 e. The van der Waals surface area contributed by atoms with Crippen LogP contribution in [0, 0.1) is 11.3 Å². The molecule has 6 amide bonds. The second kappa shape index (κ2) is 16.6. The zero-order chi connectivity index (χ0) is 29.6. The molecule has 1 aliphatic rings. The first-order valence-corrected chi connectivity index (χ1v) is 13.1. The van der Waals surface area contributed by atoms with Crippen molar-refractivity contribution in [2.45, 2.75) is 66.0 Å². The summed E-state index contributed by atoms with van der Waals surface area (Å²) >= 11 is 0. The number of nitrogens with one attached hydrogen (secondary N) is 3. The third kappa shape index (κ3) is 12.9. The Labute approximate surface area is 229 Å². The number of hydrogen-bond donors (Lipinski definition) is 4. The van der Waals surface area contributed by atoms with E-state index in [0.29, 0.717) is 12.8 Å². The first kappa shape index (κ1) is 33.7. The van der Waals surface area contributed by atoms with Gasteiger partial charge in [0, 0.05) is 24.5 Å². The maximum absolute atomic E-state index is 13.0. The van der Waals surface area contributed by atoms with Crippen molar-refractivity contribution in [3.05, 3.63) is 12.2 Å². The van der Waals surface area contributed by atoms with E-state index in [-0.39, 0.29) is 69.5 Å². The minimum absolute atomic E-state index is 0.0925. The number of carbonyl (C=O) groups is 6. The molecular formula is C26H43N5O8. The molecule has 13 heteroatoms. The highest BCUT2D eigenvalue weighted by Gasteiger charge is 2.33. The summed E-state index contributed by atoms with van der Waals surface area (Å²) in [6.45, 7) is 9.26. The lowest BCUT2D eigenvalue weighted by Gasteiger charge is -2.28. The summed E-state index contributed by atoms with van der Waals surface area (Å²) in [5.41, 5.74) is 4.36. The predicted molar refractivity (Wildman–Crippen MR) is 142 cm³/mol. The Bertz CT molecular complexity index is 913.